The molecule has 3 N–H and O–H groups in total. The highest BCUT2D eigenvalue weighted by Crippen LogP contribution is 2.76. The predicted octanol–water partition coefficient (Wildman–Crippen LogP) is 0.584. The molecule has 2 aliphatic heterocycles. The standard InChI is InChI=1S/C20H26O6/c1-10-11-4-5-12-18-7-3-6-17(2,8-21)13(18)16(24)20(25,26-9-18)19(12,14(10)22)15(11)23/h8,11-13,15-16,23-25H,1,3-7,9H2,2H3/t11-,12-,13+,15+,16-,17+,18+,19-,20-/m0/s1. The van der Waals surface area contributed by atoms with E-state index in [1.54, 1.807) is 0 Å². The molecule has 4 aliphatic carbocycles. The first kappa shape index (κ1) is 17.0. The molecular formula is C20H26O6. The third-order valence-electron chi connectivity index (χ3n) is 8.80. The van der Waals surface area contributed by atoms with Gasteiger partial charge in [0.2, 0.25) is 5.79 Å². The van der Waals surface area contributed by atoms with Crippen LogP contribution < -0.4 is 0 Å². The van der Waals surface area contributed by atoms with Crippen molar-refractivity contribution in [2.45, 2.75) is 57.0 Å². The number of aldehydes is 1. The lowest BCUT2D eigenvalue weighted by Gasteiger charge is -2.73. The minimum atomic E-state index is -2.18. The van der Waals surface area contributed by atoms with Crippen molar-refractivity contribution >= 4 is 12.1 Å². The fourth-order valence-corrected chi connectivity index (χ4v) is 7.86. The predicted molar refractivity (Wildman–Crippen MR) is 89.7 cm³/mol. The second kappa shape index (κ2) is 4.66. The first-order valence-corrected chi connectivity index (χ1v) is 9.63. The Morgan fingerprint density at radius 3 is 2.65 bits per heavy atom. The maximum absolute atomic E-state index is 13.3. The molecule has 4 saturated carbocycles. The van der Waals surface area contributed by atoms with E-state index >= 15 is 0 Å². The van der Waals surface area contributed by atoms with Crippen LogP contribution in [0.4, 0.5) is 0 Å². The average Bonchev–Trinajstić information content (AvgIpc) is 2.73. The van der Waals surface area contributed by atoms with Gasteiger partial charge in [0.1, 0.15) is 17.8 Å². The zero-order valence-electron chi connectivity index (χ0n) is 15.0. The van der Waals surface area contributed by atoms with Crippen molar-refractivity contribution in [3.05, 3.63) is 12.2 Å². The van der Waals surface area contributed by atoms with Gasteiger partial charge in [-0.1, -0.05) is 19.9 Å². The van der Waals surface area contributed by atoms with E-state index < -0.39 is 46.1 Å². The zero-order valence-corrected chi connectivity index (χ0v) is 15.0. The van der Waals surface area contributed by atoms with E-state index in [-0.39, 0.29) is 18.3 Å². The molecule has 6 fully saturated rings. The molecular weight excluding hydrogens is 336 g/mol. The van der Waals surface area contributed by atoms with Gasteiger partial charge in [-0.05, 0) is 37.2 Å². The number of ketones is 1. The highest BCUT2D eigenvalue weighted by molar-refractivity contribution is 6.05. The summed E-state index contributed by atoms with van der Waals surface area (Å²) in [5, 5.41) is 33.9. The van der Waals surface area contributed by atoms with E-state index in [0.29, 0.717) is 24.8 Å². The Kier molecular flexibility index (Phi) is 3.06. The molecule has 6 aliphatic rings. The molecule has 0 aromatic heterocycles. The van der Waals surface area contributed by atoms with Gasteiger partial charge in [0.15, 0.2) is 5.78 Å². The molecule has 26 heavy (non-hydrogen) atoms. The average molecular weight is 362 g/mol. The SMILES string of the molecule is C=C1C(=O)[C@]23[C@H](O)[C@H]1CC[C@H]2[C@]12CCC[C@](C)(C=O)[C@H]1[C@H](O)[C@]3(O)OC2. The van der Waals surface area contributed by atoms with Crippen LogP contribution in [0.2, 0.25) is 0 Å². The topological polar surface area (TPSA) is 104 Å². The number of carbonyl (C=O) groups is 2. The van der Waals surface area contributed by atoms with E-state index in [0.717, 1.165) is 19.1 Å². The quantitative estimate of drug-likeness (QED) is 0.466. The van der Waals surface area contributed by atoms with Crippen LogP contribution >= 0.6 is 0 Å². The largest absolute Gasteiger partial charge is 0.391 e. The molecule has 4 bridgehead atoms. The van der Waals surface area contributed by atoms with Crippen LogP contribution in [0.1, 0.15) is 39.0 Å². The van der Waals surface area contributed by atoms with Crippen LogP contribution in [0.5, 0.6) is 0 Å². The Balaban J connectivity index is 1.79. The third kappa shape index (κ3) is 1.39. The minimum absolute atomic E-state index is 0.207. The van der Waals surface area contributed by atoms with E-state index in [1.165, 1.54) is 0 Å². The summed E-state index contributed by atoms with van der Waals surface area (Å²) < 4.78 is 5.82. The van der Waals surface area contributed by atoms with E-state index in [1.807, 2.05) is 6.92 Å². The van der Waals surface area contributed by atoms with E-state index in [2.05, 4.69) is 6.58 Å². The van der Waals surface area contributed by atoms with E-state index in [9.17, 15) is 24.9 Å². The highest BCUT2D eigenvalue weighted by atomic mass is 16.6. The second-order valence-corrected chi connectivity index (χ2v) is 9.52. The fraction of sp³-hybridized carbons (Fsp3) is 0.800. The summed E-state index contributed by atoms with van der Waals surface area (Å²) in [5.74, 6) is -3.75. The molecule has 0 radical (unpaired) electrons. The van der Waals surface area contributed by atoms with Crippen LogP contribution in [0.3, 0.4) is 0 Å². The molecule has 0 unspecified atom stereocenters. The van der Waals surface area contributed by atoms with Crippen molar-refractivity contribution in [3.8, 4) is 0 Å². The molecule has 2 saturated heterocycles. The summed E-state index contributed by atoms with van der Waals surface area (Å²) in [7, 11) is 0. The maximum Gasteiger partial charge on any atom is 0.208 e. The summed E-state index contributed by atoms with van der Waals surface area (Å²) in [6.45, 7) is 5.93. The molecule has 6 heteroatoms. The Hall–Kier alpha value is -1.08. The molecule has 0 aromatic carbocycles. The minimum Gasteiger partial charge on any atom is -0.391 e. The molecule has 2 heterocycles. The lowest BCUT2D eigenvalue weighted by Crippen LogP contribution is -2.84. The highest BCUT2D eigenvalue weighted by Gasteiger charge is 2.85. The Bertz CT molecular complexity index is 734. The monoisotopic (exact) mass is 362 g/mol. The van der Waals surface area contributed by atoms with Gasteiger partial charge in [0, 0.05) is 22.7 Å². The summed E-state index contributed by atoms with van der Waals surface area (Å²) in [6, 6.07) is 0. The summed E-state index contributed by atoms with van der Waals surface area (Å²) >= 11 is 0. The molecule has 0 aromatic rings. The van der Waals surface area contributed by atoms with Crippen molar-refractivity contribution in [2.75, 3.05) is 6.61 Å². The Morgan fingerprint density at radius 2 is 1.96 bits per heavy atom. The number of aliphatic hydroxyl groups excluding tert-OH is 2. The van der Waals surface area contributed by atoms with Crippen LogP contribution in [-0.4, -0.2) is 52.0 Å². The number of aliphatic hydroxyl groups is 3. The molecule has 9 atom stereocenters. The maximum atomic E-state index is 13.3. The van der Waals surface area contributed by atoms with Gasteiger partial charge >= 0.3 is 0 Å². The lowest BCUT2D eigenvalue weighted by molar-refractivity contribution is -0.446. The number of Topliss-reactive ketones (excluding diaryl/α,β-unsaturated/α-hetero) is 1. The van der Waals surface area contributed by atoms with Gasteiger partial charge in [-0.3, -0.25) is 4.79 Å². The number of hydrogen-bond acceptors (Lipinski definition) is 6. The third-order valence-corrected chi connectivity index (χ3v) is 8.80. The first-order chi connectivity index (χ1) is 12.2. The lowest BCUT2D eigenvalue weighted by atomic mass is 9.36. The van der Waals surface area contributed by atoms with Gasteiger partial charge in [0.05, 0.1) is 12.7 Å². The van der Waals surface area contributed by atoms with Gasteiger partial charge in [-0.25, -0.2) is 0 Å². The van der Waals surface area contributed by atoms with Crippen LogP contribution in [-0.2, 0) is 14.3 Å². The van der Waals surface area contributed by atoms with Crippen LogP contribution in [0.15, 0.2) is 12.2 Å². The summed E-state index contributed by atoms with van der Waals surface area (Å²) in [6.07, 6.45) is 1.85. The number of fused-ring (bicyclic) bond motifs is 2. The van der Waals surface area contributed by atoms with E-state index in [4.69, 9.17) is 4.74 Å². The first-order valence-electron chi connectivity index (χ1n) is 9.63. The van der Waals surface area contributed by atoms with Crippen molar-refractivity contribution in [1.82, 2.24) is 0 Å². The van der Waals surface area contributed by atoms with Gasteiger partial charge in [-0.2, -0.15) is 0 Å². The number of ether oxygens (including phenoxy) is 1. The Morgan fingerprint density at radius 1 is 1.23 bits per heavy atom. The van der Waals surface area contributed by atoms with Crippen molar-refractivity contribution < 1.29 is 29.6 Å². The number of carbonyl (C=O) groups excluding carboxylic acids is 2. The van der Waals surface area contributed by atoms with Crippen molar-refractivity contribution in [2.24, 2.45) is 34.0 Å². The number of hydrogen-bond donors (Lipinski definition) is 3. The summed E-state index contributed by atoms with van der Waals surface area (Å²) in [4.78, 5) is 25.3. The van der Waals surface area contributed by atoms with Gasteiger partial charge in [-0.15, -0.1) is 0 Å². The molecule has 142 valence electrons. The van der Waals surface area contributed by atoms with Crippen LogP contribution in [0.25, 0.3) is 0 Å². The van der Waals surface area contributed by atoms with Crippen molar-refractivity contribution in [3.63, 3.8) is 0 Å². The molecule has 0 amide bonds. The fourth-order valence-electron chi connectivity index (χ4n) is 7.86. The van der Waals surface area contributed by atoms with Gasteiger partial charge in [0.25, 0.3) is 0 Å². The second-order valence-electron chi connectivity index (χ2n) is 9.52. The number of rotatable bonds is 1. The smallest absolute Gasteiger partial charge is 0.208 e. The normalized spacial score (nSPS) is 60.5. The van der Waals surface area contributed by atoms with Crippen LogP contribution in [0, 0.1) is 34.0 Å². The molecule has 6 rings (SSSR count). The summed E-state index contributed by atoms with van der Waals surface area (Å²) in [5.41, 5.74) is -2.61. The van der Waals surface area contributed by atoms with Gasteiger partial charge < -0.3 is 24.9 Å². The zero-order chi connectivity index (χ0) is 18.7. The Labute approximate surface area is 152 Å². The molecule has 6 nitrogen and oxygen atoms in total. The van der Waals surface area contributed by atoms with Crippen molar-refractivity contribution in [1.29, 1.82) is 0 Å². The molecule has 2 spiro atoms.